The van der Waals surface area contributed by atoms with Gasteiger partial charge in [0.1, 0.15) is 0 Å². The summed E-state index contributed by atoms with van der Waals surface area (Å²) in [5.74, 6) is -0.0675. The van der Waals surface area contributed by atoms with E-state index in [1.54, 1.807) is 24.3 Å². The summed E-state index contributed by atoms with van der Waals surface area (Å²) in [5, 5.41) is 5.82. The van der Waals surface area contributed by atoms with E-state index in [9.17, 15) is 13.2 Å². The van der Waals surface area contributed by atoms with Gasteiger partial charge in [0, 0.05) is 39.1 Å². The molecule has 0 atom stereocenters. The predicted octanol–water partition coefficient (Wildman–Crippen LogP) is 1.08. The number of sulfonamides is 1. The van der Waals surface area contributed by atoms with Crippen LogP contribution in [0.3, 0.4) is 0 Å². The fraction of sp³-hybridized carbons (Fsp3) is 0.588. The number of carbonyl (C=O) groups is 1. The van der Waals surface area contributed by atoms with E-state index in [2.05, 4.69) is 15.5 Å². The summed E-state index contributed by atoms with van der Waals surface area (Å²) in [6, 6.07) is 6.90. The molecule has 0 saturated carbocycles. The van der Waals surface area contributed by atoms with Crippen molar-refractivity contribution >= 4 is 40.7 Å². The highest BCUT2D eigenvalue weighted by Gasteiger charge is 2.29. The monoisotopic (exact) mass is 440 g/mol. The molecule has 1 aliphatic heterocycles. The summed E-state index contributed by atoms with van der Waals surface area (Å²) in [4.78, 5) is 14.3. The Bertz CT molecular complexity index is 681. The van der Waals surface area contributed by atoms with Crippen LogP contribution in [-0.2, 0) is 21.4 Å². The third-order valence-electron chi connectivity index (χ3n) is 4.36. The number of hydrogen-bond donors (Lipinski definition) is 2. The van der Waals surface area contributed by atoms with Crippen LogP contribution in [0, 0.1) is 0 Å². The number of hydrogen-bond acceptors (Lipinski definition) is 5. The molecule has 0 aliphatic carbocycles. The van der Waals surface area contributed by atoms with Crippen molar-refractivity contribution in [3.8, 4) is 0 Å². The molecule has 1 fully saturated rings. The number of benzene rings is 1. The van der Waals surface area contributed by atoms with Gasteiger partial charge in [-0.05, 0) is 38.7 Å². The van der Waals surface area contributed by atoms with Crippen LogP contribution in [0.25, 0.3) is 0 Å². The molecule has 0 unspecified atom stereocenters. The Hall–Kier alpha value is -0.900. The minimum Gasteiger partial charge on any atom is -0.352 e. The van der Waals surface area contributed by atoms with Gasteiger partial charge in [-0.15, -0.1) is 24.8 Å². The highest BCUT2D eigenvalue weighted by atomic mass is 35.5. The minimum atomic E-state index is -3.54. The van der Waals surface area contributed by atoms with E-state index in [-0.39, 0.29) is 42.2 Å². The number of amides is 1. The average molecular weight is 441 g/mol. The van der Waals surface area contributed by atoms with E-state index in [0.29, 0.717) is 25.1 Å². The zero-order chi connectivity index (χ0) is 18.3. The maximum absolute atomic E-state index is 13.0. The second-order valence-corrected chi connectivity index (χ2v) is 8.21. The molecule has 2 rings (SSSR count). The maximum Gasteiger partial charge on any atom is 0.243 e. The Labute approximate surface area is 174 Å². The summed E-state index contributed by atoms with van der Waals surface area (Å²) in [5.41, 5.74) is 0.628. The topological polar surface area (TPSA) is 81.8 Å². The Morgan fingerprint density at radius 3 is 2.37 bits per heavy atom. The first-order valence-corrected chi connectivity index (χ1v) is 10.1. The first-order valence-electron chi connectivity index (χ1n) is 8.63. The van der Waals surface area contributed by atoms with Crippen molar-refractivity contribution in [3.05, 3.63) is 29.8 Å². The summed E-state index contributed by atoms with van der Waals surface area (Å²) < 4.78 is 27.4. The fourth-order valence-corrected chi connectivity index (χ4v) is 4.42. The lowest BCUT2D eigenvalue weighted by atomic mass is 10.2. The molecule has 1 aromatic carbocycles. The fourth-order valence-electron chi connectivity index (χ4n) is 2.78. The first kappa shape index (κ1) is 26.1. The Kier molecular flexibility index (Phi) is 12.1. The Morgan fingerprint density at radius 1 is 1.11 bits per heavy atom. The molecule has 156 valence electrons. The van der Waals surface area contributed by atoms with Gasteiger partial charge < -0.3 is 15.5 Å². The van der Waals surface area contributed by atoms with Crippen molar-refractivity contribution in [1.29, 1.82) is 0 Å². The maximum atomic E-state index is 13.0. The minimum absolute atomic E-state index is 0. The molecule has 7 nitrogen and oxygen atoms in total. The molecular formula is C17H30Cl2N4O3S. The molecule has 1 aliphatic rings. The lowest BCUT2D eigenvalue weighted by molar-refractivity contribution is -0.121. The smallest absolute Gasteiger partial charge is 0.243 e. The van der Waals surface area contributed by atoms with Crippen LogP contribution in [-0.4, -0.2) is 70.3 Å². The molecular weight excluding hydrogens is 411 g/mol. The van der Waals surface area contributed by atoms with E-state index in [4.69, 9.17) is 0 Å². The molecule has 0 bridgehead atoms. The quantitative estimate of drug-likeness (QED) is 0.591. The average Bonchev–Trinajstić information content (AvgIpc) is 2.61. The van der Waals surface area contributed by atoms with Gasteiger partial charge >= 0.3 is 0 Å². The van der Waals surface area contributed by atoms with Crippen molar-refractivity contribution in [2.24, 2.45) is 0 Å². The number of nitrogens with zero attached hydrogens (tertiary/aromatic N) is 2. The van der Waals surface area contributed by atoms with Crippen molar-refractivity contribution < 1.29 is 13.2 Å². The second-order valence-electron chi connectivity index (χ2n) is 6.30. The molecule has 27 heavy (non-hydrogen) atoms. The normalized spacial score (nSPS) is 15.5. The summed E-state index contributed by atoms with van der Waals surface area (Å²) in [6.07, 6.45) is 1.18. The van der Waals surface area contributed by atoms with Crippen molar-refractivity contribution in [3.63, 3.8) is 0 Å². The van der Waals surface area contributed by atoms with Crippen LogP contribution >= 0.6 is 24.8 Å². The highest BCUT2D eigenvalue weighted by Crippen LogP contribution is 2.21. The number of nitrogens with one attached hydrogen (secondary N) is 2. The number of carbonyl (C=O) groups excluding carboxylic acids is 1. The van der Waals surface area contributed by atoms with E-state index in [1.807, 2.05) is 14.1 Å². The van der Waals surface area contributed by atoms with Crippen LogP contribution in [0.15, 0.2) is 29.2 Å². The summed E-state index contributed by atoms with van der Waals surface area (Å²) in [7, 11) is 0.293. The van der Waals surface area contributed by atoms with Crippen molar-refractivity contribution in [2.75, 3.05) is 46.8 Å². The van der Waals surface area contributed by atoms with Crippen LogP contribution < -0.4 is 10.6 Å². The van der Waals surface area contributed by atoms with Gasteiger partial charge in [-0.2, -0.15) is 4.31 Å². The van der Waals surface area contributed by atoms with Gasteiger partial charge in [0.25, 0.3) is 0 Å². The van der Waals surface area contributed by atoms with Crippen molar-refractivity contribution in [1.82, 2.24) is 19.8 Å². The predicted molar refractivity (Wildman–Crippen MR) is 112 cm³/mol. The molecule has 1 saturated heterocycles. The van der Waals surface area contributed by atoms with Gasteiger partial charge in [-0.1, -0.05) is 18.2 Å². The van der Waals surface area contributed by atoms with Crippen LogP contribution in [0.5, 0.6) is 0 Å². The van der Waals surface area contributed by atoms with E-state index < -0.39 is 10.0 Å². The number of likely N-dealkylation sites (N-methyl/N-ethyl adjacent to an activating group) is 1. The summed E-state index contributed by atoms with van der Waals surface area (Å²) in [6.45, 7) is 3.43. The Balaban J connectivity index is 0.00000338. The van der Waals surface area contributed by atoms with E-state index in [0.717, 1.165) is 26.1 Å². The lowest BCUT2D eigenvalue weighted by Crippen LogP contribution is -2.47. The Morgan fingerprint density at radius 2 is 1.74 bits per heavy atom. The van der Waals surface area contributed by atoms with Crippen LogP contribution in [0.2, 0.25) is 0 Å². The van der Waals surface area contributed by atoms with Gasteiger partial charge in [0.15, 0.2) is 0 Å². The molecule has 1 heterocycles. The number of halogens is 2. The van der Waals surface area contributed by atoms with Crippen molar-refractivity contribution in [2.45, 2.75) is 24.3 Å². The lowest BCUT2D eigenvalue weighted by Gasteiger charge is -2.32. The molecule has 0 radical (unpaired) electrons. The molecule has 1 amide bonds. The SMILES string of the molecule is CNCCCC(=O)NCc1ccccc1S(=O)(=O)N1CCN(C)CC1.Cl.Cl. The number of piperazine rings is 1. The molecule has 0 aromatic heterocycles. The molecule has 2 N–H and O–H groups in total. The zero-order valence-electron chi connectivity index (χ0n) is 15.8. The molecule has 1 aromatic rings. The van der Waals surface area contributed by atoms with Gasteiger partial charge in [-0.25, -0.2) is 8.42 Å². The van der Waals surface area contributed by atoms with E-state index >= 15 is 0 Å². The summed E-state index contributed by atoms with van der Waals surface area (Å²) >= 11 is 0. The standard InChI is InChI=1S/C17H28N4O3S.2ClH/c1-18-9-5-8-17(22)19-14-15-6-3-4-7-16(15)25(23,24)21-12-10-20(2)11-13-21;;/h3-4,6-7,18H,5,8-14H2,1-2H3,(H,19,22);2*1H. The van der Waals surface area contributed by atoms with Gasteiger partial charge in [0.05, 0.1) is 4.90 Å². The molecule has 10 heteroatoms. The second kappa shape index (κ2) is 12.5. The molecule has 0 spiro atoms. The highest BCUT2D eigenvalue weighted by molar-refractivity contribution is 7.89. The largest absolute Gasteiger partial charge is 0.352 e. The third-order valence-corrected chi connectivity index (χ3v) is 6.36. The first-order chi connectivity index (χ1) is 11.9. The third kappa shape index (κ3) is 7.56. The number of rotatable bonds is 8. The van der Waals surface area contributed by atoms with Crippen LogP contribution in [0.4, 0.5) is 0 Å². The van der Waals surface area contributed by atoms with E-state index in [1.165, 1.54) is 4.31 Å². The van der Waals surface area contributed by atoms with Crippen LogP contribution in [0.1, 0.15) is 18.4 Å². The zero-order valence-corrected chi connectivity index (χ0v) is 18.3. The van der Waals surface area contributed by atoms with Gasteiger partial charge in [-0.3, -0.25) is 4.79 Å². The van der Waals surface area contributed by atoms with Gasteiger partial charge in [0.2, 0.25) is 15.9 Å².